The molecular formula is C15H18N2. The average molecular weight is 226 g/mol. The third-order valence-corrected chi connectivity index (χ3v) is 3.01. The number of hydrogen-bond donors (Lipinski definition) is 1. The highest BCUT2D eigenvalue weighted by atomic mass is 14.6. The fourth-order valence-electron chi connectivity index (χ4n) is 2.10. The van der Waals surface area contributed by atoms with Gasteiger partial charge in [0.2, 0.25) is 0 Å². The van der Waals surface area contributed by atoms with Crippen LogP contribution in [-0.4, -0.2) is 4.98 Å². The Hall–Kier alpha value is -1.67. The molecule has 1 heterocycles. The van der Waals surface area contributed by atoms with Crippen LogP contribution in [0.3, 0.4) is 0 Å². The SMILES string of the molecule is CCc1ccccc1C(N)Cc1cccnc1. The van der Waals surface area contributed by atoms with E-state index in [-0.39, 0.29) is 6.04 Å². The molecule has 0 amide bonds. The molecule has 0 saturated carbocycles. The van der Waals surface area contributed by atoms with Gasteiger partial charge in [0.25, 0.3) is 0 Å². The molecule has 17 heavy (non-hydrogen) atoms. The first-order valence-corrected chi connectivity index (χ1v) is 6.03. The molecule has 88 valence electrons. The Morgan fingerprint density at radius 3 is 2.71 bits per heavy atom. The molecule has 1 aromatic heterocycles. The Balaban J connectivity index is 2.17. The molecule has 2 rings (SSSR count). The van der Waals surface area contributed by atoms with Gasteiger partial charge >= 0.3 is 0 Å². The summed E-state index contributed by atoms with van der Waals surface area (Å²) >= 11 is 0. The van der Waals surface area contributed by atoms with Gasteiger partial charge in [-0.25, -0.2) is 0 Å². The van der Waals surface area contributed by atoms with Gasteiger partial charge in [0, 0.05) is 18.4 Å². The highest BCUT2D eigenvalue weighted by Crippen LogP contribution is 2.20. The topological polar surface area (TPSA) is 38.9 Å². The van der Waals surface area contributed by atoms with Gasteiger partial charge in [-0.05, 0) is 35.6 Å². The lowest BCUT2D eigenvalue weighted by Crippen LogP contribution is -2.15. The van der Waals surface area contributed by atoms with Crippen LogP contribution in [0.2, 0.25) is 0 Å². The molecule has 0 aliphatic carbocycles. The first kappa shape index (κ1) is 11.8. The molecule has 2 N–H and O–H groups in total. The Morgan fingerprint density at radius 2 is 2.00 bits per heavy atom. The van der Waals surface area contributed by atoms with Crippen LogP contribution < -0.4 is 5.73 Å². The van der Waals surface area contributed by atoms with Crippen molar-refractivity contribution in [1.29, 1.82) is 0 Å². The van der Waals surface area contributed by atoms with E-state index in [0.717, 1.165) is 12.8 Å². The molecule has 1 aromatic carbocycles. The number of hydrogen-bond acceptors (Lipinski definition) is 2. The van der Waals surface area contributed by atoms with Crippen LogP contribution in [0.4, 0.5) is 0 Å². The average Bonchev–Trinajstić information content (AvgIpc) is 2.40. The summed E-state index contributed by atoms with van der Waals surface area (Å²) in [7, 11) is 0. The van der Waals surface area contributed by atoms with E-state index >= 15 is 0 Å². The molecule has 2 heteroatoms. The summed E-state index contributed by atoms with van der Waals surface area (Å²) in [6.45, 7) is 2.16. The Kier molecular flexibility index (Phi) is 3.89. The summed E-state index contributed by atoms with van der Waals surface area (Å²) < 4.78 is 0. The van der Waals surface area contributed by atoms with Crippen LogP contribution in [0.15, 0.2) is 48.8 Å². The maximum absolute atomic E-state index is 6.28. The van der Waals surface area contributed by atoms with E-state index in [1.165, 1.54) is 16.7 Å². The fourth-order valence-corrected chi connectivity index (χ4v) is 2.10. The van der Waals surface area contributed by atoms with Crippen molar-refractivity contribution in [3.8, 4) is 0 Å². The minimum absolute atomic E-state index is 0.0512. The Labute approximate surface area is 103 Å². The lowest BCUT2D eigenvalue weighted by Gasteiger charge is -2.15. The number of rotatable bonds is 4. The molecule has 0 fully saturated rings. The Bertz CT molecular complexity index is 465. The van der Waals surface area contributed by atoms with Gasteiger partial charge in [-0.15, -0.1) is 0 Å². The summed E-state index contributed by atoms with van der Waals surface area (Å²) in [6, 6.07) is 12.5. The fraction of sp³-hybridized carbons (Fsp3) is 0.267. The van der Waals surface area contributed by atoms with E-state index in [0.29, 0.717) is 0 Å². The number of aryl methyl sites for hydroxylation is 1. The van der Waals surface area contributed by atoms with E-state index < -0.39 is 0 Å². The smallest absolute Gasteiger partial charge is 0.0339 e. The lowest BCUT2D eigenvalue weighted by molar-refractivity contribution is 0.710. The predicted molar refractivity (Wildman–Crippen MR) is 70.7 cm³/mol. The van der Waals surface area contributed by atoms with E-state index in [1.54, 1.807) is 6.20 Å². The highest BCUT2D eigenvalue weighted by Gasteiger charge is 2.10. The van der Waals surface area contributed by atoms with Crippen molar-refractivity contribution in [3.63, 3.8) is 0 Å². The quantitative estimate of drug-likeness (QED) is 0.870. The minimum atomic E-state index is 0.0512. The molecule has 0 bridgehead atoms. The zero-order valence-electron chi connectivity index (χ0n) is 10.1. The Morgan fingerprint density at radius 1 is 1.18 bits per heavy atom. The monoisotopic (exact) mass is 226 g/mol. The van der Waals surface area contributed by atoms with Crippen molar-refractivity contribution in [2.45, 2.75) is 25.8 Å². The molecule has 0 aliphatic rings. The van der Waals surface area contributed by atoms with Gasteiger partial charge in [0.1, 0.15) is 0 Å². The number of nitrogens with zero attached hydrogens (tertiary/aromatic N) is 1. The van der Waals surface area contributed by atoms with Gasteiger partial charge in [-0.1, -0.05) is 37.3 Å². The van der Waals surface area contributed by atoms with Crippen LogP contribution in [0.5, 0.6) is 0 Å². The van der Waals surface area contributed by atoms with E-state index in [1.807, 2.05) is 12.3 Å². The van der Waals surface area contributed by atoms with Gasteiger partial charge in [-0.3, -0.25) is 4.98 Å². The second kappa shape index (κ2) is 5.60. The number of aromatic nitrogens is 1. The second-order valence-corrected chi connectivity index (χ2v) is 4.22. The highest BCUT2D eigenvalue weighted by molar-refractivity contribution is 5.31. The number of pyridine rings is 1. The number of benzene rings is 1. The van der Waals surface area contributed by atoms with Crippen LogP contribution in [0.25, 0.3) is 0 Å². The second-order valence-electron chi connectivity index (χ2n) is 4.22. The molecule has 0 saturated heterocycles. The largest absolute Gasteiger partial charge is 0.324 e. The molecule has 1 atom stereocenters. The van der Waals surface area contributed by atoms with Gasteiger partial charge in [-0.2, -0.15) is 0 Å². The lowest BCUT2D eigenvalue weighted by atomic mass is 9.95. The maximum atomic E-state index is 6.28. The zero-order valence-corrected chi connectivity index (χ0v) is 10.1. The maximum Gasteiger partial charge on any atom is 0.0339 e. The standard InChI is InChI=1S/C15H18N2/c1-2-13-7-3-4-8-14(13)15(16)10-12-6-5-9-17-11-12/h3-9,11,15H,2,10,16H2,1H3. The van der Waals surface area contributed by atoms with Gasteiger partial charge < -0.3 is 5.73 Å². The third-order valence-electron chi connectivity index (χ3n) is 3.01. The van der Waals surface area contributed by atoms with E-state index in [9.17, 15) is 0 Å². The summed E-state index contributed by atoms with van der Waals surface area (Å²) in [5.74, 6) is 0. The molecule has 0 aliphatic heterocycles. The summed E-state index contributed by atoms with van der Waals surface area (Å²) in [4.78, 5) is 4.12. The van der Waals surface area contributed by atoms with Crippen LogP contribution >= 0.6 is 0 Å². The zero-order chi connectivity index (χ0) is 12.1. The molecule has 0 spiro atoms. The molecule has 1 unspecified atom stereocenters. The van der Waals surface area contributed by atoms with Crippen LogP contribution in [0, 0.1) is 0 Å². The van der Waals surface area contributed by atoms with Crippen molar-refractivity contribution in [1.82, 2.24) is 4.98 Å². The van der Waals surface area contributed by atoms with Crippen LogP contribution in [0.1, 0.15) is 29.7 Å². The molecule has 2 nitrogen and oxygen atoms in total. The summed E-state index contributed by atoms with van der Waals surface area (Å²) in [6.07, 6.45) is 5.53. The van der Waals surface area contributed by atoms with Crippen molar-refractivity contribution in [2.24, 2.45) is 5.73 Å². The van der Waals surface area contributed by atoms with Crippen molar-refractivity contribution in [2.75, 3.05) is 0 Å². The summed E-state index contributed by atoms with van der Waals surface area (Å²) in [5.41, 5.74) is 10.0. The van der Waals surface area contributed by atoms with Crippen molar-refractivity contribution < 1.29 is 0 Å². The first-order chi connectivity index (χ1) is 8.31. The first-order valence-electron chi connectivity index (χ1n) is 6.03. The van der Waals surface area contributed by atoms with Gasteiger partial charge in [0.05, 0.1) is 0 Å². The van der Waals surface area contributed by atoms with E-state index in [2.05, 4.69) is 42.2 Å². The molecule has 2 aromatic rings. The summed E-state index contributed by atoms with van der Waals surface area (Å²) in [5, 5.41) is 0. The third kappa shape index (κ3) is 2.92. The molecule has 0 radical (unpaired) electrons. The minimum Gasteiger partial charge on any atom is -0.324 e. The van der Waals surface area contributed by atoms with Gasteiger partial charge in [0.15, 0.2) is 0 Å². The van der Waals surface area contributed by atoms with Crippen molar-refractivity contribution >= 4 is 0 Å². The van der Waals surface area contributed by atoms with Crippen molar-refractivity contribution in [3.05, 3.63) is 65.5 Å². The normalized spacial score (nSPS) is 12.4. The predicted octanol–water partition coefficient (Wildman–Crippen LogP) is 2.89. The molecular weight excluding hydrogens is 208 g/mol. The number of nitrogens with two attached hydrogens (primary N) is 1. The van der Waals surface area contributed by atoms with E-state index in [4.69, 9.17) is 5.73 Å². The van der Waals surface area contributed by atoms with Crippen LogP contribution in [-0.2, 0) is 12.8 Å².